The summed E-state index contributed by atoms with van der Waals surface area (Å²) in [6.45, 7) is 0.315. The quantitative estimate of drug-likeness (QED) is 0.680. The third-order valence-electron chi connectivity index (χ3n) is 3.88. The van der Waals surface area contributed by atoms with E-state index in [2.05, 4.69) is 5.10 Å². The Morgan fingerprint density at radius 1 is 1.27 bits per heavy atom. The van der Waals surface area contributed by atoms with Crippen LogP contribution in [0.15, 0.2) is 54.7 Å². The van der Waals surface area contributed by atoms with E-state index in [1.807, 2.05) is 0 Å². The molecule has 0 saturated carbocycles. The van der Waals surface area contributed by atoms with Crippen molar-refractivity contribution in [3.8, 4) is 11.4 Å². The summed E-state index contributed by atoms with van der Waals surface area (Å²) in [6.07, 6.45) is 1.62. The standard InChI is InChI=1S/C19H17ClFN3O2/c1-23(12-13-10-14(20)6-7-18(13)26-2)19(25)17-8-9-24(22-17)16-5-3-4-15(21)11-16/h3-11H,12H2,1-2H3. The van der Waals surface area contributed by atoms with E-state index < -0.39 is 0 Å². The van der Waals surface area contributed by atoms with Gasteiger partial charge in [-0.3, -0.25) is 4.79 Å². The Morgan fingerprint density at radius 3 is 2.81 bits per heavy atom. The fraction of sp³-hybridized carbons (Fsp3) is 0.158. The first-order valence-corrected chi connectivity index (χ1v) is 8.25. The van der Waals surface area contributed by atoms with E-state index in [1.165, 1.54) is 21.7 Å². The number of nitrogens with zero attached hydrogens (tertiary/aromatic N) is 3. The van der Waals surface area contributed by atoms with E-state index in [9.17, 15) is 9.18 Å². The van der Waals surface area contributed by atoms with Crippen molar-refractivity contribution in [3.63, 3.8) is 0 Å². The predicted molar refractivity (Wildman–Crippen MR) is 97.3 cm³/mol. The molecule has 0 unspecified atom stereocenters. The van der Waals surface area contributed by atoms with Crippen molar-refractivity contribution in [2.75, 3.05) is 14.2 Å². The van der Waals surface area contributed by atoms with Gasteiger partial charge < -0.3 is 9.64 Å². The SMILES string of the molecule is COc1ccc(Cl)cc1CN(C)C(=O)c1ccn(-c2cccc(F)c2)n1. The van der Waals surface area contributed by atoms with Crippen molar-refractivity contribution in [1.82, 2.24) is 14.7 Å². The van der Waals surface area contributed by atoms with Crippen LogP contribution < -0.4 is 4.74 Å². The van der Waals surface area contributed by atoms with E-state index in [0.29, 0.717) is 23.0 Å². The van der Waals surface area contributed by atoms with Crippen LogP contribution in [0.4, 0.5) is 4.39 Å². The molecule has 0 N–H and O–H groups in total. The number of carbonyl (C=O) groups excluding carboxylic acids is 1. The molecule has 3 rings (SSSR count). The van der Waals surface area contributed by atoms with Gasteiger partial charge in [-0.25, -0.2) is 9.07 Å². The Balaban J connectivity index is 1.78. The van der Waals surface area contributed by atoms with E-state index in [-0.39, 0.29) is 17.4 Å². The summed E-state index contributed by atoms with van der Waals surface area (Å²) in [5.41, 5.74) is 1.60. The predicted octanol–water partition coefficient (Wildman–Crippen LogP) is 3.95. The van der Waals surface area contributed by atoms with E-state index in [4.69, 9.17) is 16.3 Å². The maximum absolute atomic E-state index is 13.4. The fourth-order valence-electron chi connectivity index (χ4n) is 2.59. The largest absolute Gasteiger partial charge is 0.496 e. The zero-order valence-electron chi connectivity index (χ0n) is 14.3. The minimum absolute atomic E-state index is 0.262. The fourth-order valence-corrected chi connectivity index (χ4v) is 2.79. The van der Waals surface area contributed by atoms with Gasteiger partial charge in [0.2, 0.25) is 0 Å². The number of halogens is 2. The van der Waals surface area contributed by atoms with Gasteiger partial charge in [0.25, 0.3) is 5.91 Å². The van der Waals surface area contributed by atoms with Crippen LogP contribution in [0.5, 0.6) is 5.75 Å². The normalized spacial score (nSPS) is 10.6. The zero-order valence-corrected chi connectivity index (χ0v) is 15.1. The monoisotopic (exact) mass is 373 g/mol. The molecular formula is C19H17ClFN3O2. The molecule has 26 heavy (non-hydrogen) atoms. The summed E-state index contributed by atoms with van der Waals surface area (Å²) in [4.78, 5) is 14.2. The van der Waals surface area contributed by atoms with Crippen LogP contribution in [0.2, 0.25) is 5.02 Å². The van der Waals surface area contributed by atoms with Crippen molar-refractivity contribution >= 4 is 17.5 Å². The number of hydrogen-bond acceptors (Lipinski definition) is 3. The number of methoxy groups -OCH3 is 1. The first-order chi connectivity index (χ1) is 12.5. The highest BCUT2D eigenvalue weighted by molar-refractivity contribution is 6.30. The number of benzene rings is 2. The molecule has 2 aromatic carbocycles. The van der Waals surface area contributed by atoms with Crippen molar-refractivity contribution in [3.05, 3.63) is 76.8 Å². The Bertz CT molecular complexity index is 942. The molecule has 0 radical (unpaired) electrons. The van der Waals surface area contributed by atoms with Gasteiger partial charge in [0.15, 0.2) is 5.69 Å². The highest BCUT2D eigenvalue weighted by Crippen LogP contribution is 2.24. The third-order valence-corrected chi connectivity index (χ3v) is 4.11. The highest BCUT2D eigenvalue weighted by atomic mass is 35.5. The first-order valence-electron chi connectivity index (χ1n) is 7.87. The lowest BCUT2D eigenvalue weighted by molar-refractivity contribution is 0.0778. The minimum atomic E-state index is -0.365. The average molecular weight is 374 g/mol. The highest BCUT2D eigenvalue weighted by Gasteiger charge is 2.17. The average Bonchev–Trinajstić information content (AvgIpc) is 3.11. The van der Waals surface area contributed by atoms with Gasteiger partial charge in [-0.15, -0.1) is 0 Å². The summed E-state index contributed by atoms with van der Waals surface area (Å²) in [5, 5.41) is 4.81. The molecule has 0 aliphatic heterocycles. The molecule has 0 bridgehead atoms. The zero-order chi connectivity index (χ0) is 18.7. The van der Waals surface area contributed by atoms with Crippen LogP contribution in [0.1, 0.15) is 16.1 Å². The molecule has 134 valence electrons. The molecule has 3 aromatic rings. The molecule has 7 heteroatoms. The Hall–Kier alpha value is -2.86. The summed E-state index contributed by atoms with van der Waals surface area (Å²) in [5.74, 6) is 0.0255. The van der Waals surface area contributed by atoms with E-state index in [1.54, 1.807) is 56.8 Å². The second-order valence-corrected chi connectivity index (χ2v) is 6.18. The van der Waals surface area contributed by atoms with Gasteiger partial charge in [0.05, 0.1) is 12.8 Å². The number of aromatic nitrogens is 2. The minimum Gasteiger partial charge on any atom is -0.496 e. The van der Waals surface area contributed by atoms with Gasteiger partial charge in [-0.1, -0.05) is 17.7 Å². The number of rotatable bonds is 5. The lowest BCUT2D eigenvalue weighted by atomic mass is 10.2. The van der Waals surface area contributed by atoms with Gasteiger partial charge in [0, 0.05) is 30.4 Å². The topological polar surface area (TPSA) is 47.4 Å². The molecule has 0 fully saturated rings. The van der Waals surface area contributed by atoms with Gasteiger partial charge >= 0.3 is 0 Å². The molecule has 1 amide bonds. The van der Waals surface area contributed by atoms with Crippen molar-refractivity contribution in [1.29, 1.82) is 0 Å². The summed E-state index contributed by atoms with van der Waals surface area (Å²) >= 11 is 6.03. The molecular weight excluding hydrogens is 357 g/mol. The number of ether oxygens (including phenoxy) is 1. The van der Waals surface area contributed by atoms with Gasteiger partial charge in [0.1, 0.15) is 11.6 Å². The molecule has 0 aliphatic carbocycles. The van der Waals surface area contributed by atoms with Gasteiger partial charge in [-0.2, -0.15) is 5.10 Å². The Labute approximate surface area is 155 Å². The van der Waals surface area contributed by atoms with Crippen molar-refractivity contribution < 1.29 is 13.9 Å². The summed E-state index contributed by atoms with van der Waals surface area (Å²) < 4.78 is 20.1. The molecule has 0 spiro atoms. The lowest BCUT2D eigenvalue weighted by Crippen LogP contribution is -2.27. The maximum Gasteiger partial charge on any atom is 0.274 e. The van der Waals surface area contributed by atoms with Gasteiger partial charge in [-0.05, 0) is 42.5 Å². The Kier molecular flexibility index (Phi) is 5.23. The van der Waals surface area contributed by atoms with Crippen LogP contribution in [0.25, 0.3) is 5.69 Å². The molecule has 0 aliphatic rings. The first kappa shape index (κ1) is 17.9. The number of hydrogen-bond donors (Lipinski definition) is 0. The Morgan fingerprint density at radius 2 is 2.08 bits per heavy atom. The number of carbonyl (C=O) groups is 1. The summed E-state index contributed by atoms with van der Waals surface area (Å²) in [7, 11) is 3.24. The van der Waals surface area contributed by atoms with E-state index in [0.717, 1.165) is 5.56 Å². The summed E-state index contributed by atoms with van der Waals surface area (Å²) in [6, 6.07) is 12.8. The van der Waals surface area contributed by atoms with Crippen molar-refractivity contribution in [2.24, 2.45) is 0 Å². The van der Waals surface area contributed by atoms with Crippen LogP contribution in [0, 0.1) is 5.82 Å². The lowest BCUT2D eigenvalue weighted by Gasteiger charge is -2.18. The molecule has 0 atom stereocenters. The smallest absolute Gasteiger partial charge is 0.274 e. The van der Waals surface area contributed by atoms with Crippen LogP contribution in [-0.4, -0.2) is 34.7 Å². The van der Waals surface area contributed by atoms with Crippen LogP contribution in [-0.2, 0) is 6.54 Å². The number of amides is 1. The van der Waals surface area contributed by atoms with Crippen LogP contribution >= 0.6 is 11.6 Å². The molecule has 1 heterocycles. The van der Waals surface area contributed by atoms with E-state index >= 15 is 0 Å². The van der Waals surface area contributed by atoms with Crippen LogP contribution in [0.3, 0.4) is 0 Å². The maximum atomic E-state index is 13.4. The second kappa shape index (κ2) is 7.58. The molecule has 1 aromatic heterocycles. The van der Waals surface area contributed by atoms with Crippen molar-refractivity contribution in [2.45, 2.75) is 6.54 Å². The molecule has 0 saturated heterocycles. The molecule has 5 nitrogen and oxygen atoms in total. The second-order valence-electron chi connectivity index (χ2n) is 5.74. The third kappa shape index (κ3) is 3.86.